The zero-order valence-electron chi connectivity index (χ0n) is 14.5. The molecule has 2 rings (SSSR count). The lowest BCUT2D eigenvalue weighted by atomic mass is 10.1. The number of azide groups is 1. The minimum atomic E-state index is -0.216. The summed E-state index contributed by atoms with van der Waals surface area (Å²) in [6.45, 7) is 6.92. The van der Waals surface area contributed by atoms with E-state index in [2.05, 4.69) is 10.0 Å². The van der Waals surface area contributed by atoms with Gasteiger partial charge in [-0.05, 0) is 45.4 Å². The molecular weight excluding hydrogens is 348 g/mol. The molecule has 0 atom stereocenters. The smallest absolute Gasteiger partial charge is 0.179 e. The molecule has 8 nitrogen and oxygen atoms in total. The predicted molar refractivity (Wildman–Crippen MR) is 95.3 cm³/mol. The lowest BCUT2D eigenvalue weighted by molar-refractivity contribution is 0.0992. The third-order valence-corrected chi connectivity index (χ3v) is 3.15. The SMILES string of the molecule is Cc1cc(C(=O)CN)c(C)o1.Cc1cc(C(=O)CN=[N+]=[N-])c(C)o1.Cl. The highest BCUT2D eigenvalue weighted by atomic mass is 35.5. The second-order valence-electron chi connectivity index (χ2n) is 5.09. The minimum Gasteiger partial charge on any atom is -0.466 e. The van der Waals surface area contributed by atoms with E-state index in [0.717, 1.165) is 5.76 Å². The molecule has 0 aliphatic heterocycles. The molecule has 136 valence electrons. The third kappa shape index (κ3) is 6.46. The van der Waals surface area contributed by atoms with E-state index in [0.29, 0.717) is 28.4 Å². The Bertz CT molecular complexity index is 788. The fourth-order valence-corrected chi connectivity index (χ4v) is 2.11. The Balaban J connectivity index is 0.000000449. The van der Waals surface area contributed by atoms with E-state index in [1.54, 1.807) is 39.8 Å². The standard InChI is InChI=1S/C8H9N3O2.C8H11NO2.ClH/c1-5-3-7(6(2)13-5)8(12)4-10-11-9;1-5-3-7(6(2)11-5)8(10)4-9;/h3H,4H2,1-2H3;3H,4,9H2,1-2H3;1H. The summed E-state index contributed by atoms with van der Waals surface area (Å²) in [6.07, 6.45) is 0. The van der Waals surface area contributed by atoms with Gasteiger partial charge in [0.2, 0.25) is 0 Å². The highest BCUT2D eigenvalue weighted by Crippen LogP contribution is 2.14. The van der Waals surface area contributed by atoms with E-state index in [1.165, 1.54) is 0 Å². The van der Waals surface area contributed by atoms with Crippen LogP contribution >= 0.6 is 12.4 Å². The van der Waals surface area contributed by atoms with Crippen LogP contribution in [0.3, 0.4) is 0 Å². The van der Waals surface area contributed by atoms with Crippen LogP contribution in [0, 0.1) is 27.7 Å². The first kappa shape index (κ1) is 22.5. The average Bonchev–Trinajstić information content (AvgIpc) is 3.05. The zero-order chi connectivity index (χ0) is 18.3. The van der Waals surface area contributed by atoms with Crippen LogP contribution < -0.4 is 5.73 Å². The van der Waals surface area contributed by atoms with Gasteiger partial charge in [0, 0.05) is 4.91 Å². The van der Waals surface area contributed by atoms with Gasteiger partial charge in [-0.2, -0.15) is 0 Å². The van der Waals surface area contributed by atoms with Gasteiger partial charge in [0.1, 0.15) is 23.0 Å². The molecule has 2 N–H and O–H groups in total. The van der Waals surface area contributed by atoms with Crippen LogP contribution in [0.15, 0.2) is 26.1 Å². The van der Waals surface area contributed by atoms with Crippen molar-refractivity contribution in [3.05, 3.63) is 56.7 Å². The van der Waals surface area contributed by atoms with Gasteiger partial charge in [0.25, 0.3) is 0 Å². The number of hydrogen-bond acceptors (Lipinski definition) is 6. The number of nitrogens with zero attached hydrogens (tertiary/aromatic N) is 3. The average molecular weight is 369 g/mol. The summed E-state index contributed by atoms with van der Waals surface area (Å²) in [7, 11) is 0. The van der Waals surface area contributed by atoms with Gasteiger partial charge in [-0.3, -0.25) is 9.59 Å². The number of aryl methyl sites for hydroxylation is 4. The molecule has 0 amide bonds. The van der Waals surface area contributed by atoms with Crippen LogP contribution in [0.2, 0.25) is 0 Å². The molecule has 2 aromatic rings. The van der Waals surface area contributed by atoms with Gasteiger partial charge in [-0.25, -0.2) is 0 Å². The summed E-state index contributed by atoms with van der Waals surface area (Å²) in [6, 6.07) is 3.36. The summed E-state index contributed by atoms with van der Waals surface area (Å²) in [5.74, 6) is 2.36. The maximum Gasteiger partial charge on any atom is 0.179 e. The van der Waals surface area contributed by atoms with Crippen LogP contribution in [0.25, 0.3) is 10.4 Å². The molecule has 0 aromatic carbocycles. The van der Waals surface area contributed by atoms with Crippen molar-refractivity contribution in [2.24, 2.45) is 10.8 Å². The number of nitrogens with two attached hydrogens (primary N) is 1. The normalized spacial score (nSPS) is 9.32. The number of carbonyl (C=O) groups excluding carboxylic acids is 2. The highest BCUT2D eigenvalue weighted by molar-refractivity contribution is 5.99. The quantitative estimate of drug-likeness (QED) is 0.370. The van der Waals surface area contributed by atoms with Crippen LogP contribution in [-0.4, -0.2) is 24.7 Å². The van der Waals surface area contributed by atoms with E-state index >= 15 is 0 Å². The van der Waals surface area contributed by atoms with Gasteiger partial charge in [-0.15, -0.1) is 12.4 Å². The Labute approximate surface area is 151 Å². The molecule has 0 bridgehead atoms. The van der Waals surface area contributed by atoms with Crippen molar-refractivity contribution in [2.45, 2.75) is 27.7 Å². The number of hydrogen-bond donors (Lipinski definition) is 1. The fourth-order valence-electron chi connectivity index (χ4n) is 2.11. The lowest BCUT2D eigenvalue weighted by Gasteiger charge is -1.91. The van der Waals surface area contributed by atoms with E-state index in [1.807, 2.05) is 0 Å². The van der Waals surface area contributed by atoms with Gasteiger partial charge < -0.3 is 14.6 Å². The number of Topliss-reactive ketones (excluding diaryl/α,β-unsaturated/α-hetero) is 2. The molecule has 2 aromatic heterocycles. The molecule has 0 aliphatic carbocycles. The maximum atomic E-state index is 11.3. The molecule has 0 aliphatic rings. The summed E-state index contributed by atoms with van der Waals surface area (Å²) < 4.78 is 10.3. The molecule has 2 heterocycles. The molecule has 0 radical (unpaired) electrons. The Kier molecular flexibility index (Phi) is 9.30. The highest BCUT2D eigenvalue weighted by Gasteiger charge is 2.12. The molecule has 0 saturated heterocycles. The third-order valence-electron chi connectivity index (χ3n) is 3.15. The van der Waals surface area contributed by atoms with Crippen LogP contribution in [-0.2, 0) is 0 Å². The van der Waals surface area contributed by atoms with Crippen LogP contribution in [0.4, 0.5) is 0 Å². The van der Waals surface area contributed by atoms with E-state index < -0.39 is 0 Å². The number of rotatable bonds is 5. The van der Waals surface area contributed by atoms with Gasteiger partial charge in [-0.1, -0.05) is 5.11 Å². The van der Waals surface area contributed by atoms with Gasteiger partial charge >= 0.3 is 0 Å². The Hall–Kier alpha value is -2.54. The number of furan rings is 2. The minimum absolute atomic E-state index is 0. The number of halogens is 1. The van der Waals surface area contributed by atoms with Crippen LogP contribution in [0.1, 0.15) is 43.8 Å². The molecule has 0 spiro atoms. The van der Waals surface area contributed by atoms with E-state index in [-0.39, 0.29) is 37.1 Å². The first-order valence-corrected chi connectivity index (χ1v) is 7.21. The van der Waals surface area contributed by atoms with Crippen molar-refractivity contribution in [3.63, 3.8) is 0 Å². The van der Waals surface area contributed by atoms with Crippen LogP contribution in [0.5, 0.6) is 0 Å². The predicted octanol–water partition coefficient (Wildman–Crippen LogP) is 3.85. The molecule has 25 heavy (non-hydrogen) atoms. The maximum absolute atomic E-state index is 11.3. The topological polar surface area (TPSA) is 135 Å². The van der Waals surface area contributed by atoms with Crippen molar-refractivity contribution in [3.8, 4) is 0 Å². The zero-order valence-corrected chi connectivity index (χ0v) is 15.3. The van der Waals surface area contributed by atoms with Gasteiger partial charge in [0.15, 0.2) is 11.6 Å². The second kappa shape index (κ2) is 10.4. The molecular formula is C16H21ClN4O4. The summed E-state index contributed by atoms with van der Waals surface area (Å²) in [5, 5.41) is 3.19. The monoisotopic (exact) mass is 368 g/mol. The Morgan fingerprint density at radius 1 is 1.04 bits per heavy atom. The first-order valence-electron chi connectivity index (χ1n) is 7.21. The molecule has 0 saturated carbocycles. The lowest BCUT2D eigenvalue weighted by Crippen LogP contribution is -2.13. The molecule has 0 unspecified atom stereocenters. The van der Waals surface area contributed by atoms with Crippen molar-refractivity contribution in [2.75, 3.05) is 13.1 Å². The molecule has 0 fully saturated rings. The van der Waals surface area contributed by atoms with Crippen molar-refractivity contribution in [1.29, 1.82) is 0 Å². The summed E-state index contributed by atoms with van der Waals surface area (Å²) in [5.41, 5.74) is 14.3. The second-order valence-corrected chi connectivity index (χ2v) is 5.09. The van der Waals surface area contributed by atoms with E-state index in [4.69, 9.17) is 20.1 Å². The van der Waals surface area contributed by atoms with Gasteiger partial charge in [0.05, 0.1) is 24.2 Å². The largest absolute Gasteiger partial charge is 0.466 e. The number of ketones is 2. The van der Waals surface area contributed by atoms with E-state index in [9.17, 15) is 9.59 Å². The van der Waals surface area contributed by atoms with Crippen molar-refractivity contribution >= 4 is 24.0 Å². The number of carbonyl (C=O) groups is 2. The van der Waals surface area contributed by atoms with Crippen molar-refractivity contribution in [1.82, 2.24) is 0 Å². The van der Waals surface area contributed by atoms with Crippen molar-refractivity contribution < 1.29 is 18.4 Å². The Morgan fingerprint density at radius 2 is 1.48 bits per heavy atom. The molecule has 9 heteroatoms. The summed E-state index contributed by atoms with van der Waals surface area (Å²) in [4.78, 5) is 24.9. The first-order chi connectivity index (χ1) is 11.3. The summed E-state index contributed by atoms with van der Waals surface area (Å²) >= 11 is 0. The fraction of sp³-hybridized carbons (Fsp3) is 0.375. The Morgan fingerprint density at radius 3 is 1.80 bits per heavy atom.